The van der Waals surface area contributed by atoms with Crippen LogP contribution in [0.15, 0.2) is 0 Å². The van der Waals surface area contributed by atoms with Crippen LogP contribution in [0.5, 0.6) is 0 Å². The van der Waals surface area contributed by atoms with E-state index in [1.807, 2.05) is 14.1 Å². The number of rotatable bonds is 0. The average molecular weight is 325 g/mol. The van der Waals surface area contributed by atoms with Crippen LogP contribution in [0.1, 0.15) is 0 Å². The molecule has 0 spiro atoms. The standard InChI is InChI=1S/2C5H10N2S2/c2*1-6-3-7(2)5(8)9-4-6/h2*3-4H2,1-2H3. The second-order valence-corrected chi connectivity index (χ2v) is 7.63. The van der Waals surface area contributed by atoms with Crippen molar-refractivity contribution in [2.75, 3.05) is 53.3 Å². The molecule has 0 bridgehead atoms. The molecule has 2 aliphatic heterocycles. The molecule has 18 heavy (non-hydrogen) atoms. The van der Waals surface area contributed by atoms with Crippen LogP contribution < -0.4 is 0 Å². The molecule has 0 aliphatic carbocycles. The summed E-state index contributed by atoms with van der Waals surface area (Å²) in [5, 5.41) is 0. The lowest BCUT2D eigenvalue weighted by Gasteiger charge is -2.31. The van der Waals surface area contributed by atoms with Gasteiger partial charge in [0.2, 0.25) is 0 Å². The highest BCUT2D eigenvalue weighted by Gasteiger charge is 2.14. The average Bonchev–Trinajstić information content (AvgIpc) is 2.30. The van der Waals surface area contributed by atoms with Crippen LogP contribution in [0.3, 0.4) is 0 Å². The molecule has 0 aromatic carbocycles. The molecule has 8 heteroatoms. The Labute approximate surface area is 129 Å². The van der Waals surface area contributed by atoms with Crippen molar-refractivity contribution in [3.8, 4) is 0 Å². The van der Waals surface area contributed by atoms with E-state index in [-0.39, 0.29) is 0 Å². The molecule has 2 saturated heterocycles. The van der Waals surface area contributed by atoms with E-state index in [4.69, 9.17) is 24.4 Å². The van der Waals surface area contributed by atoms with Crippen LogP contribution in [0, 0.1) is 0 Å². The van der Waals surface area contributed by atoms with E-state index in [2.05, 4.69) is 33.7 Å². The van der Waals surface area contributed by atoms with Crippen LogP contribution >= 0.6 is 48.0 Å². The highest BCUT2D eigenvalue weighted by Crippen LogP contribution is 2.15. The van der Waals surface area contributed by atoms with Gasteiger partial charge in [0, 0.05) is 14.1 Å². The molecule has 0 atom stereocenters. The van der Waals surface area contributed by atoms with E-state index in [1.165, 1.54) is 0 Å². The largest absolute Gasteiger partial charge is 0.348 e. The molecule has 0 radical (unpaired) electrons. The van der Waals surface area contributed by atoms with Gasteiger partial charge in [-0.3, -0.25) is 9.80 Å². The maximum absolute atomic E-state index is 5.04. The van der Waals surface area contributed by atoms with Gasteiger partial charge in [-0.05, 0) is 14.1 Å². The van der Waals surface area contributed by atoms with Crippen molar-refractivity contribution in [2.24, 2.45) is 0 Å². The quantitative estimate of drug-likeness (QED) is 0.615. The molecular formula is C10H20N4S4. The topological polar surface area (TPSA) is 13.0 Å². The summed E-state index contributed by atoms with van der Waals surface area (Å²) in [5.74, 6) is 2.06. The Morgan fingerprint density at radius 3 is 1.33 bits per heavy atom. The second kappa shape index (κ2) is 7.86. The van der Waals surface area contributed by atoms with Crippen LogP contribution in [-0.2, 0) is 0 Å². The van der Waals surface area contributed by atoms with Crippen LogP contribution in [0.4, 0.5) is 0 Å². The van der Waals surface area contributed by atoms with Gasteiger partial charge in [-0.2, -0.15) is 0 Å². The molecule has 2 aliphatic rings. The van der Waals surface area contributed by atoms with E-state index in [1.54, 1.807) is 23.5 Å². The summed E-state index contributed by atoms with van der Waals surface area (Å²) in [7, 11) is 8.21. The lowest BCUT2D eigenvalue weighted by Crippen LogP contribution is -2.40. The van der Waals surface area contributed by atoms with Crippen molar-refractivity contribution in [2.45, 2.75) is 0 Å². The van der Waals surface area contributed by atoms with Crippen molar-refractivity contribution in [3.05, 3.63) is 0 Å². The highest BCUT2D eigenvalue weighted by molar-refractivity contribution is 8.23. The molecule has 0 aromatic rings. The predicted molar refractivity (Wildman–Crippen MR) is 90.9 cm³/mol. The first-order chi connectivity index (χ1) is 8.40. The molecule has 0 saturated carbocycles. The molecule has 2 fully saturated rings. The van der Waals surface area contributed by atoms with Crippen molar-refractivity contribution in [1.29, 1.82) is 0 Å². The van der Waals surface area contributed by atoms with E-state index < -0.39 is 0 Å². The Balaban J connectivity index is 0.000000180. The van der Waals surface area contributed by atoms with Gasteiger partial charge >= 0.3 is 0 Å². The Morgan fingerprint density at radius 1 is 0.778 bits per heavy atom. The first-order valence-electron chi connectivity index (χ1n) is 5.53. The van der Waals surface area contributed by atoms with E-state index >= 15 is 0 Å². The van der Waals surface area contributed by atoms with Crippen LogP contribution in [0.25, 0.3) is 0 Å². The van der Waals surface area contributed by atoms with E-state index in [0.29, 0.717) is 0 Å². The van der Waals surface area contributed by atoms with Crippen molar-refractivity contribution in [3.63, 3.8) is 0 Å². The molecule has 2 heterocycles. The van der Waals surface area contributed by atoms with Gasteiger partial charge in [0.15, 0.2) is 0 Å². The number of nitrogens with zero attached hydrogens (tertiary/aromatic N) is 4. The van der Waals surface area contributed by atoms with Crippen LogP contribution in [0.2, 0.25) is 0 Å². The fourth-order valence-electron chi connectivity index (χ4n) is 1.47. The van der Waals surface area contributed by atoms with Crippen LogP contribution in [-0.4, -0.2) is 81.5 Å². The number of thioether (sulfide) groups is 2. The predicted octanol–water partition coefficient (Wildman–Crippen LogP) is 1.59. The zero-order chi connectivity index (χ0) is 13.7. The summed E-state index contributed by atoms with van der Waals surface area (Å²) in [6, 6.07) is 0. The first kappa shape index (κ1) is 16.5. The molecule has 0 amide bonds. The molecule has 0 aromatic heterocycles. The summed E-state index contributed by atoms with van der Waals surface area (Å²) in [6.07, 6.45) is 0. The fraction of sp³-hybridized carbons (Fsp3) is 0.800. The Hall–Kier alpha value is 0.400. The molecule has 0 N–H and O–H groups in total. The summed E-state index contributed by atoms with van der Waals surface area (Å²) >= 11 is 13.5. The number of hydrogen-bond donors (Lipinski definition) is 0. The summed E-state index contributed by atoms with van der Waals surface area (Å²) in [5.41, 5.74) is 0. The smallest absolute Gasteiger partial charge is 0.138 e. The number of thiocarbonyl (C=S) groups is 2. The van der Waals surface area contributed by atoms with Gasteiger partial charge in [0.05, 0.1) is 25.1 Å². The van der Waals surface area contributed by atoms with Gasteiger partial charge in [0.1, 0.15) is 8.64 Å². The third-order valence-electron chi connectivity index (χ3n) is 2.35. The van der Waals surface area contributed by atoms with Crippen molar-refractivity contribution in [1.82, 2.24) is 19.6 Å². The molecule has 0 unspecified atom stereocenters. The summed E-state index contributed by atoms with van der Waals surface area (Å²) < 4.78 is 2.02. The Kier molecular flexibility index (Phi) is 7.19. The lowest BCUT2D eigenvalue weighted by molar-refractivity contribution is 0.278. The highest BCUT2D eigenvalue weighted by atomic mass is 32.2. The van der Waals surface area contributed by atoms with Gasteiger partial charge in [0.25, 0.3) is 0 Å². The minimum Gasteiger partial charge on any atom is -0.348 e. The number of hydrogen-bond acceptors (Lipinski definition) is 6. The third kappa shape index (κ3) is 5.58. The van der Waals surface area contributed by atoms with Gasteiger partial charge in [-0.1, -0.05) is 48.0 Å². The molecule has 2 rings (SSSR count). The molecule has 4 nitrogen and oxygen atoms in total. The van der Waals surface area contributed by atoms with E-state index in [0.717, 1.165) is 33.7 Å². The van der Waals surface area contributed by atoms with Gasteiger partial charge in [-0.15, -0.1) is 0 Å². The maximum atomic E-state index is 5.04. The fourth-order valence-corrected chi connectivity index (χ4v) is 3.29. The normalized spacial score (nSPS) is 22.9. The first-order valence-corrected chi connectivity index (χ1v) is 8.31. The minimum atomic E-state index is 0.964. The zero-order valence-electron chi connectivity index (χ0n) is 11.3. The van der Waals surface area contributed by atoms with Crippen molar-refractivity contribution < 1.29 is 0 Å². The monoisotopic (exact) mass is 324 g/mol. The third-order valence-corrected chi connectivity index (χ3v) is 5.93. The maximum Gasteiger partial charge on any atom is 0.138 e. The summed E-state index contributed by atoms with van der Waals surface area (Å²) in [6.45, 7) is 1.93. The van der Waals surface area contributed by atoms with E-state index in [9.17, 15) is 0 Å². The SMILES string of the molecule is CN1CSC(=S)N(C)C1.CN1CSC(=S)N(C)C1. The summed E-state index contributed by atoms with van der Waals surface area (Å²) in [4.78, 5) is 8.59. The molecule has 104 valence electrons. The minimum absolute atomic E-state index is 0.964. The second-order valence-electron chi connectivity index (χ2n) is 4.47. The molecular weight excluding hydrogens is 304 g/mol. The Morgan fingerprint density at radius 2 is 1.11 bits per heavy atom. The Bertz CT molecular complexity index is 282. The lowest BCUT2D eigenvalue weighted by atomic mass is 10.8. The van der Waals surface area contributed by atoms with Gasteiger partial charge in [-0.25, -0.2) is 0 Å². The van der Waals surface area contributed by atoms with Gasteiger partial charge < -0.3 is 9.80 Å². The van der Waals surface area contributed by atoms with Crippen molar-refractivity contribution >= 4 is 56.6 Å². The zero-order valence-corrected chi connectivity index (χ0v) is 14.5.